The van der Waals surface area contributed by atoms with Crippen molar-refractivity contribution in [3.05, 3.63) is 76.8 Å². The van der Waals surface area contributed by atoms with Crippen LogP contribution in [0.15, 0.2) is 70.7 Å². The van der Waals surface area contributed by atoms with Gasteiger partial charge in [0.05, 0.1) is 18.8 Å². The van der Waals surface area contributed by atoms with Gasteiger partial charge in [0, 0.05) is 12.6 Å². The van der Waals surface area contributed by atoms with E-state index in [9.17, 15) is 4.79 Å². The predicted octanol–water partition coefficient (Wildman–Crippen LogP) is 4.62. The lowest BCUT2D eigenvalue weighted by Gasteiger charge is -2.22. The van der Waals surface area contributed by atoms with E-state index in [4.69, 9.17) is 14.9 Å². The number of aryl methyl sites for hydroxylation is 1. The number of fused-ring (bicyclic) bond motifs is 1. The minimum absolute atomic E-state index is 0.139. The monoisotopic (exact) mass is 419 g/mol. The molecule has 0 radical (unpaired) electrons. The van der Waals surface area contributed by atoms with Crippen LogP contribution in [0.4, 0.5) is 0 Å². The lowest BCUT2D eigenvalue weighted by Crippen LogP contribution is -2.35. The Bertz CT molecular complexity index is 1060. The molecule has 0 aliphatic carbocycles. The maximum absolute atomic E-state index is 12.2. The lowest BCUT2D eigenvalue weighted by atomic mass is 10.1. The molecule has 4 rings (SSSR count). The molecule has 2 heterocycles. The van der Waals surface area contributed by atoms with Gasteiger partial charge in [0.25, 0.3) is 5.91 Å². The topological polar surface area (TPSA) is 75.0 Å². The van der Waals surface area contributed by atoms with E-state index in [0.29, 0.717) is 18.4 Å². The molecule has 0 unspecified atom stereocenters. The first-order valence-electron chi connectivity index (χ1n) is 9.59. The molecule has 2 aromatic rings. The molecule has 6 nitrogen and oxygen atoms in total. The van der Waals surface area contributed by atoms with Crippen LogP contribution in [0.5, 0.6) is 11.5 Å². The number of nitrogens with one attached hydrogen (secondary N) is 1. The summed E-state index contributed by atoms with van der Waals surface area (Å²) in [5, 5.41) is 10.6. The second-order valence-corrected chi connectivity index (χ2v) is 7.64. The Kier molecular flexibility index (Phi) is 5.99. The lowest BCUT2D eigenvalue weighted by molar-refractivity contribution is -0.114. The SMILES string of the molecule is Cc1ccccc1OCCCOc1ccc(/C=C2/C(=N)N3C=CSC3=NC2=O)cc1. The quantitative estimate of drug-likeness (QED) is 0.524. The van der Waals surface area contributed by atoms with Gasteiger partial charge in [-0.2, -0.15) is 4.99 Å². The van der Waals surface area contributed by atoms with Crippen LogP contribution in [0.25, 0.3) is 6.08 Å². The molecular weight excluding hydrogens is 398 g/mol. The van der Waals surface area contributed by atoms with Gasteiger partial charge in [-0.15, -0.1) is 0 Å². The van der Waals surface area contributed by atoms with Crippen LogP contribution in [-0.2, 0) is 4.79 Å². The highest BCUT2D eigenvalue weighted by molar-refractivity contribution is 8.16. The molecular formula is C23H21N3O3S. The molecule has 152 valence electrons. The number of nitrogens with zero attached hydrogens (tertiary/aromatic N) is 2. The third kappa shape index (κ3) is 4.46. The Morgan fingerprint density at radius 3 is 2.67 bits per heavy atom. The number of aliphatic imine (C=N–C) groups is 1. The number of hydrogen-bond donors (Lipinski definition) is 1. The van der Waals surface area contributed by atoms with E-state index in [0.717, 1.165) is 29.0 Å². The van der Waals surface area contributed by atoms with E-state index in [-0.39, 0.29) is 11.4 Å². The molecule has 30 heavy (non-hydrogen) atoms. The summed E-state index contributed by atoms with van der Waals surface area (Å²) in [7, 11) is 0. The van der Waals surface area contributed by atoms with Crippen molar-refractivity contribution in [3.8, 4) is 11.5 Å². The van der Waals surface area contributed by atoms with Gasteiger partial charge < -0.3 is 9.47 Å². The van der Waals surface area contributed by atoms with Gasteiger partial charge in [-0.05, 0) is 47.7 Å². The second-order valence-electron chi connectivity index (χ2n) is 6.76. The molecule has 0 saturated carbocycles. The highest BCUT2D eigenvalue weighted by Crippen LogP contribution is 2.27. The molecule has 1 N–H and O–H groups in total. The molecule has 2 aromatic carbocycles. The van der Waals surface area contributed by atoms with Crippen LogP contribution in [0.2, 0.25) is 0 Å². The molecule has 2 aliphatic rings. The first-order valence-corrected chi connectivity index (χ1v) is 10.5. The van der Waals surface area contributed by atoms with Crippen molar-refractivity contribution in [2.45, 2.75) is 13.3 Å². The number of hydrogen-bond acceptors (Lipinski definition) is 5. The van der Waals surface area contributed by atoms with E-state index in [1.165, 1.54) is 11.8 Å². The zero-order valence-corrected chi connectivity index (χ0v) is 17.3. The standard InChI is InChI=1S/C23H21N3O3S/c1-16-5-2-3-6-20(16)29-13-4-12-28-18-9-7-17(8-10-18)15-19-21(24)26-11-14-30-23(26)25-22(19)27/h2-3,5-11,14-15,24H,4,12-13H2,1H3/b19-15-,24-21?. The fourth-order valence-corrected chi connectivity index (χ4v) is 3.71. The molecule has 2 aliphatic heterocycles. The Morgan fingerprint density at radius 1 is 1.10 bits per heavy atom. The Labute approximate surface area is 179 Å². The number of amides is 1. The zero-order chi connectivity index (χ0) is 20.9. The van der Waals surface area contributed by atoms with Crippen LogP contribution in [0.1, 0.15) is 17.5 Å². The molecule has 1 amide bonds. The number of carbonyl (C=O) groups excluding carboxylic acids is 1. The van der Waals surface area contributed by atoms with Crippen molar-refractivity contribution in [1.82, 2.24) is 4.90 Å². The summed E-state index contributed by atoms with van der Waals surface area (Å²) in [6, 6.07) is 15.4. The average molecular weight is 420 g/mol. The molecule has 0 bridgehead atoms. The second kappa shape index (κ2) is 9.00. The number of amidine groups is 2. The summed E-state index contributed by atoms with van der Waals surface area (Å²) in [6.07, 6.45) is 4.20. The maximum atomic E-state index is 12.2. The zero-order valence-electron chi connectivity index (χ0n) is 16.5. The van der Waals surface area contributed by atoms with Crippen LogP contribution in [-0.4, -0.2) is 35.0 Å². The van der Waals surface area contributed by atoms with E-state index >= 15 is 0 Å². The summed E-state index contributed by atoms with van der Waals surface area (Å²) < 4.78 is 11.5. The van der Waals surface area contributed by atoms with Crippen molar-refractivity contribution >= 4 is 34.7 Å². The summed E-state index contributed by atoms with van der Waals surface area (Å²) in [5.74, 6) is 1.39. The number of carbonyl (C=O) groups is 1. The summed E-state index contributed by atoms with van der Waals surface area (Å²) in [5.41, 5.74) is 2.20. The number of thioether (sulfide) groups is 1. The highest BCUT2D eigenvalue weighted by atomic mass is 32.2. The first-order chi connectivity index (χ1) is 14.6. The van der Waals surface area contributed by atoms with Gasteiger partial charge in [0.2, 0.25) is 0 Å². The Hall–Kier alpha value is -3.32. The van der Waals surface area contributed by atoms with Crippen molar-refractivity contribution < 1.29 is 14.3 Å². The van der Waals surface area contributed by atoms with Crippen molar-refractivity contribution in [2.24, 2.45) is 4.99 Å². The van der Waals surface area contributed by atoms with Crippen LogP contribution in [0.3, 0.4) is 0 Å². The van der Waals surface area contributed by atoms with Gasteiger partial charge in [-0.25, -0.2) is 0 Å². The normalized spacial score (nSPS) is 16.6. The summed E-state index contributed by atoms with van der Waals surface area (Å²) in [4.78, 5) is 17.9. The third-order valence-electron chi connectivity index (χ3n) is 4.61. The molecule has 0 aromatic heterocycles. The van der Waals surface area contributed by atoms with Gasteiger partial charge >= 0.3 is 0 Å². The highest BCUT2D eigenvalue weighted by Gasteiger charge is 2.30. The molecule has 0 spiro atoms. The molecule has 0 atom stereocenters. The third-order valence-corrected chi connectivity index (χ3v) is 5.37. The number of rotatable bonds is 7. The molecule has 0 fully saturated rings. The van der Waals surface area contributed by atoms with Crippen LogP contribution >= 0.6 is 11.8 Å². The smallest absolute Gasteiger partial charge is 0.283 e. The number of benzene rings is 2. The minimum Gasteiger partial charge on any atom is -0.493 e. The van der Waals surface area contributed by atoms with Crippen molar-refractivity contribution in [3.63, 3.8) is 0 Å². The van der Waals surface area contributed by atoms with Crippen molar-refractivity contribution in [1.29, 1.82) is 5.41 Å². The summed E-state index contributed by atoms with van der Waals surface area (Å²) >= 11 is 1.34. The minimum atomic E-state index is -0.392. The predicted molar refractivity (Wildman–Crippen MR) is 120 cm³/mol. The first kappa shape index (κ1) is 20.0. The van der Waals surface area contributed by atoms with Gasteiger partial charge in [0.15, 0.2) is 5.17 Å². The van der Waals surface area contributed by atoms with E-state index in [1.54, 1.807) is 17.2 Å². The number of ether oxygens (including phenoxy) is 2. The van der Waals surface area contributed by atoms with E-state index < -0.39 is 5.91 Å². The fraction of sp³-hybridized carbons (Fsp3) is 0.174. The maximum Gasteiger partial charge on any atom is 0.283 e. The largest absolute Gasteiger partial charge is 0.493 e. The van der Waals surface area contributed by atoms with E-state index in [1.807, 2.05) is 60.9 Å². The fourth-order valence-electron chi connectivity index (χ4n) is 3.01. The Balaban J connectivity index is 1.30. The van der Waals surface area contributed by atoms with Crippen LogP contribution < -0.4 is 9.47 Å². The molecule has 0 saturated heterocycles. The van der Waals surface area contributed by atoms with Gasteiger partial charge in [-0.1, -0.05) is 42.1 Å². The van der Waals surface area contributed by atoms with Gasteiger partial charge in [0.1, 0.15) is 17.3 Å². The van der Waals surface area contributed by atoms with E-state index in [2.05, 4.69) is 4.99 Å². The molecule has 7 heteroatoms. The van der Waals surface area contributed by atoms with Gasteiger partial charge in [-0.3, -0.25) is 15.1 Å². The number of para-hydroxylation sites is 1. The Morgan fingerprint density at radius 2 is 1.87 bits per heavy atom. The van der Waals surface area contributed by atoms with Crippen molar-refractivity contribution in [2.75, 3.05) is 13.2 Å². The summed E-state index contributed by atoms with van der Waals surface area (Å²) in [6.45, 7) is 3.16. The van der Waals surface area contributed by atoms with Crippen LogP contribution in [0, 0.1) is 12.3 Å². The average Bonchev–Trinajstić information content (AvgIpc) is 3.22.